The molecule has 0 heterocycles. The predicted octanol–water partition coefficient (Wildman–Crippen LogP) is 3.28. The first-order valence-electron chi connectivity index (χ1n) is 8.68. The molecule has 2 rings (SSSR count). The minimum atomic E-state index is -0.524. The van der Waals surface area contributed by atoms with Gasteiger partial charge in [-0.15, -0.1) is 0 Å². The van der Waals surface area contributed by atoms with Crippen LogP contribution < -0.4 is 4.74 Å². The van der Waals surface area contributed by atoms with Crippen LogP contribution in [0.5, 0.6) is 5.75 Å². The van der Waals surface area contributed by atoms with E-state index in [1.165, 1.54) is 45.4 Å². The molecule has 1 fully saturated rings. The molecule has 4 nitrogen and oxygen atoms in total. The minimum absolute atomic E-state index is 0.0177. The van der Waals surface area contributed by atoms with Crippen molar-refractivity contribution < 1.29 is 14.6 Å². The van der Waals surface area contributed by atoms with Gasteiger partial charge in [0.05, 0.1) is 0 Å². The molecular formula is C19H29NO3. The zero-order chi connectivity index (χ0) is 16.7. The van der Waals surface area contributed by atoms with Crippen molar-refractivity contribution in [2.75, 3.05) is 20.2 Å². The molecule has 1 aliphatic carbocycles. The molecule has 0 saturated heterocycles. The Morgan fingerprint density at radius 1 is 1.30 bits per heavy atom. The summed E-state index contributed by atoms with van der Waals surface area (Å²) < 4.78 is 5.64. The van der Waals surface area contributed by atoms with Crippen molar-refractivity contribution >= 4 is 5.78 Å². The van der Waals surface area contributed by atoms with Gasteiger partial charge in [-0.2, -0.15) is 0 Å². The van der Waals surface area contributed by atoms with Gasteiger partial charge >= 0.3 is 0 Å². The number of aliphatic hydroxyl groups excluding tert-OH is 1. The smallest absolute Gasteiger partial charge is 0.159 e. The highest BCUT2D eigenvalue weighted by molar-refractivity contribution is 5.94. The normalized spacial score (nSPS) is 17.7. The lowest BCUT2D eigenvalue weighted by molar-refractivity contribution is 0.0603. The van der Waals surface area contributed by atoms with Crippen LogP contribution in [0.4, 0.5) is 0 Å². The standard InChI is InChI=1S/C19H29NO3/c1-15(21)16-8-7-11-19(12-16)23-14-18(22)13-20(2)17-9-5-3-4-6-10-17/h7-8,11-12,17-18,22H,3-6,9-10,13-14H2,1-2H3. The molecule has 1 aliphatic rings. The van der Waals surface area contributed by atoms with Crippen LogP contribution in [-0.2, 0) is 0 Å². The summed E-state index contributed by atoms with van der Waals surface area (Å²) in [5.41, 5.74) is 0.632. The minimum Gasteiger partial charge on any atom is -0.491 e. The number of carbonyl (C=O) groups is 1. The number of aliphatic hydroxyl groups is 1. The topological polar surface area (TPSA) is 49.8 Å². The summed E-state index contributed by atoms with van der Waals surface area (Å²) in [4.78, 5) is 13.6. The Kier molecular flexibility index (Phi) is 7.06. The first-order valence-corrected chi connectivity index (χ1v) is 8.68. The van der Waals surface area contributed by atoms with E-state index in [0.717, 1.165) is 0 Å². The van der Waals surface area contributed by atoms with Crippen LogP contribution in [-0.4, -0.2) is 48.1 Å². The van der Waals surface area contributed by atoms with E-state index in [1.54, 1.807) is 18.2 Å². The number of nitrogens with zero attached hydrogens (tertiary/aromatic N) is 1. The summed E-state index contributed by atoms with van der Waals surface area (Å²) in [5.74, 6) is 0.651. The molecule has 1 saturated carbocycles. The summed E-state index contributed by atoms with van der Waals surface area (Å²) in [6.07, 6.45) is 7.18. The molecule has 0 amide bonds. The highest BCUT2D eigenvalue weighted by Gasteiger charge is 2.19. The number of ether oxygens (including phenoxy) is 1. The van der Waals surface area contributed by atoms with Gasteiger partial charge in [0.25, 0.3) is 0 Å². The van der Waals surface area contributed by atoms with Crippen molar-refractivity contribution in [1.82, 2.24) is 4.90 Å². The second kappa shape index (κ2) is 9.04. The van der Waals surface area contributed by atoms with Gasteiger partial charge in [0.1, 0.15) is 18.5 Å². The molecule has 1 N–H and O–H groups in total. The average molecular weight is 319 g/mol. The molecule has 0 spiro atoms. The maximum atomic E-state index is 11.4. The number of hydrogen-bond donors (Lipinski definition) is 1. The van der Waals surface area contributed by atoms with E-state index in [1.807, 2.05) is 6.07 Å². The molecule has 1 atom stereocenters. The third-order valence-corrected chi connectivity index (χ3v) is 4.63. The molecule has 0 aliphatic heterocycles. The van der Waals surface area contributed by atoms with Crippen molar-refractivity contribution in [2.45, 2.75) is 57.6 Å². The Balaban J connectivity index is 1.78. The number of Topliss-reactive ketones (excluding diaryl/α,β-unsaturated/α-hetero) is 1. The van der Waals surface area contributed by atoms with Gasteiger partial charge in [-0.25, -0.2) is 0 Å². The number of carbonyl (C=O) groups excluding carboxylic acids is 1. The molecular weight excluding hydrogens is 290 g/mol. The lowest BCUT2D eigenvalue weighted by atomic mass is 10.1. The number of rotatable bonds is 7. The fraction of sp³-hybridized carbons (Fsp3) is 0.632. The number of likely N-dealkylation sites (N-methyl/N-ethyl adjacent to an activating group) is 1. The summed E-state index contributed by atoms with van der Waals surface area (Å²) in [5, 5.41) is 10.2. The summed E-state index contributed by atoms with van der Waals surface area (Å²) >= 11 is 0. The Hall–Kier alpha value is -1.39. The fourth-order valence-corrected chi connectivity index (χ4v) is 3.23. The van der Waals surface area contributed by atoms with Gasteiger partial charge in [0.2, 0.25) is 0 Å². The predicted molar refractivity (Wildman–Crippen MR) is 92.1 cm³/mol. The summed E-state index contributed by atoms with van der Waals surface area (Å²) in [7, 11) is 2.09. The van der Waals surface area contributed by atoms with E-state index < -0.39 is 6.10 Å². The molecule has 0 radical (unpaired) electrons. The third-order valence-electron chi connectivity index (χ3n) is 4.63. The zero-order valence-electron chi connectivity index (χ0n) is 14.3. The van der Waals surface area contributed by atoms with Gasteiger partial charge in [-0.1, -0.05) is 37.8 Å². The van der Waals surface area contributed by atoms with Crippen LogP contribution >= 0.6 is 0 Å². The Bertz CT molecular complexity index is 495. The van der Waals surface area contributed by atoms with Crippen molar-refractivity contribution in [3.8, 4) is 5.75 Å². The first-order chi connectivity index (χ1) is 11.1. The van der Waals surface area contributed by atoms with Gasteiger partial charge in [0.15, 0.2) is 5.78 Å². The quantitative estimate of drug-likeness (QED) is 0.619. The largest absolute Gasteiger partial charge is 0.491 e. The van der Waals surface area contributed by atoms with E-state index in [-0.39, 0.29) is 12.4 Å². The van der Waals surface area contributed by atoms with E-state index in [0.29, 0.717) is 23.9 Å². The van der Waals surface area contributed by atoms with Crippen molar-refractivity contribution in [2.24, 2.45) is 0 Å². The van der Waals surface area contributed by atoms with E-state index in [9.17, 15) is 9.90 Å². The van der Waals surface area contributed by atoms with Crippen LogP contribution in [0.15, 0.2) is 24.3 Å². The van der Waals surface area contributed by atoms with Crippen molar-refractivity contribution in [3.63, 3.8) is 0 Å². The monoisotopic (exact) mass is 319 g/mol. The van der Waals surface area contributed by atoms with Gasteiger partial charge < -0.3 is 14.7 Å². The second-order valence-corrected chi connectivity index (χ2v) is 6.63. The van der Waals surface area contributed by atoms with Crippen LogP contribution in [0.25, 0.3) is 0 Å². The van der Waals surface area contributed by atoms with Gasteiger partial charge in [-0.05, 0) is 38.9 Å². The van der Waals surface area contributed by atoms with Crippen molar-refractivity contribution in [3.05, 3.63) is 29.8 Å². The lowest BCUT2D eigenvalue weighted by Gasteiger charge is -2.29. The highest BCUT2D eigenvalue weighted by atomic mass is 16.5. The second-order valence-electron chi connectivity index (χ2n) is 6.63. The molecule has 128 valence electrons. The number of hydrogen-bond acceptors (Lipinski definition) is 4. The van der Waals surface area contributed by atoms with Crippen LogP contribution in [0.2, 0.25) is 0 Å². The maximum absolute atomic E-state index is 11.4. The fourth-order valence-electron chi connectivity index (χ4n) is 3.23. The lowest BCUT2D eigenvalue weighted by Crippen LogP contribution is -2.39. The zero-order valence-corrected chi connectivity index (χ0v) is 14.3. The van der Waals surface area contributed by atoms with Crippen molar-refractivity contribution in [1.29, 1.82) is 0 Å². The highest BCUT2D eigenvalue weighted by Crippen LogP contribution is 2.21. The molecule has 1 unspecified atom stereocenters. The Morgan fingerprint density at radius 3 is 2.65 bits per heavy atom. The molecule has 0 bridgehead atoms. The summed E-state index contributed by atoms with van der Waals surface area (Å²) in [6.45, 7) is 2.41. The first kappa shape index (κ1) is 18.0. The number of ketones is 1. The number of benzene rings is 1. The summed E-state index contributed by atoms with van der Waals surface area (Å²) in [6, 6.07) is 7.69. The van der Waals surface area contributed by atoms with E-state index in [2.05, 4.69) is 11.9 Å². The molecule has 0 aromatic heterocycles. The van der Waals surface area contributed by atoms with E-state index in [4.69, 9.17) is 4.74 Å². The van der Waals surface area contributed by atoms with Gasteiger partial charge in [0, 0.05) is 18.2 Å². The van der Waals surface area contributed by atoms with Crippen LogP contribution in [0.3, 0.4) is 0 Å². The Morgan fingerprint density at radius 2 is 2.00 bits per heavy atom. The molecule has 1 aromatic carbocycles. The molecule has 23 heavy (non-hydrogen) atoms. The van der Waals surface area contributed by atoms with Gasteiger partial charge in [-0.3, -0.25) is 4.79 Å². The molecule has 1 aromatic rings. The SMILES string of the molecule is CC(=O)c1cccc(OCC(O)CN(C)C2CCCCCC2)c1. The average Bonchev–Trinajstić information content (AvgIpc) is 2.82. The van der Waals surface area contributed by atoms with E-state index >= 15 is 0 Å². The van der Waals surface area contributed by atoms with Crippen LogP contribution in [0.1, 0.15) is 55.8 Å². The third kappa shape index (κ3) is 5.96. The molecule has 4 heteroatoms. The Labute approximate surface area is 139 Å². The van der Waals surface area contributed by atoms with Crippen LogP contribution in [0, 0.1) is 0 Å². The maximum Gasteiger partial charge on any atom is 0.159 e.